The Labute approximate surface area is 177 Å². The highest BCUT2D eigenvalue weighted by Gasteiger charge is 2.22. The number of aromatic nitrogens is 2. The molecule has 29 heavy (non-hydrogen) atoms. The average Bonchev–Trinajstić information content (AvgIpc) is 3.20. The Bertz CT molecular complexity index is 983. The van der Waals surface area contributed by atoms with Crippen LogP contribution in [0.3, 0.4) is 0 Å². The third-order valence-corrected chi connectivity index (χ3v) is 5.41. The molecule has 150 valence electrons. The van der Waals surface area contributed by atoms with E-state index in [2.05, 4.69) is 36.0 Å². The number of anilines is 2. The first-order valence-corrected chi connectivity index (χ1v) is 10.2. The number of benzene rings is 2. The van der Waals surface area contributed by atoms with Crippen molar-refractivity contribution in [3.05, 3.63) is 71.2 Å². The van der Waals surface area contributed by atoms with Gasteiger partial charge in [-0.05, 0) is 36.4 Å². The molecule has 1 amide bonds. The molecule has 3 aromatic rings. The van der Waals surface area contributed by atoms with Gasteiger partial charge in [-0.15, -0.1) is 0 Å². The highest BCUT2D eigenvalue weighted by Crippen LogP contribution is 2.21. The monoisotopic (exact) mass is 457 g/mol. The molecule has 8 heteroatoms. The van der Waals surface area contributed by atoms with E-state index in [1.54, 1.807) is 29.1 Å². The van der Waals surface area contributed by atoms with Crippen molar-refractivity contribution in [3.8, 4) is 5.69 Å². The van der Waals surface area contributed by atoms with Crippen LogP contribution in [-0.4, -0.2) is 53.1 Å². The minimum absolute atomic E-state index is 0.0337. The van der Waals surface area contributed by atoms with Crippen molar-refractivity contribution < 1.29 is 9.18 Å². The van der Waals surface area contributed by atoms with Crippen molar-refractivity contribution in [1.29, 1.82) is 0 Å². The molecule has 1 aliphatic heterocycles. The van der Waals surface area contributed by atoms with Crippen LogP contribution in [-0.2, 0) is 4.79 Å². The molecule has 6 nitrogen and oxygen atoms in total. The van der Waals surface area contributed by atoms with Crippen molar-refractivity contribution in [2.24, 2.45) is 0 Å². The molecule has 1 aliphatic rings. The second-order valence-corrected chi connectivity index (χ2v) is 7.78. The molecule has 0 atom stereocenters. The number of imidazole rings is 1. The minimum Gasteiger partial charge on any atom is -0.339 e. The molecule has 2 heterocycles. The highest BCUT2D eigenvalue weighted by atomic mass is 79.9. The summed E-state index contributed by atoms with van der Waals surface area (Å²) < 4.78 is 16.9. The molecule has 0 aliphatic carbocycles. The van der Waals surface area contributed by atoms with E-state index >= 15 is 0 Å². The summed E-state index contributed by atoms with van der Waals surface area (Å²) in [6.07, 6.45) is 3.45. The number of carbonyl (C=O) groups excluding carboxylic acids is 1. The van der Waals surface area contributed by atoms with Gasteiger partial charge in [0, 0.05) is 48.7 Å². The molecule has 1 N–H and O–H groups in total. The van der Waals surface area contributed by atoms with Gasteiger partial charge in [0.25, 0.3) is 0 Å². The Balaban J connectivity index is 1.34. The number of hydrogen-bond donors (Lipinski definition) is 1. The fourth-order valence-corrected chi connectivity index (χ4v) is 3.67. The van der Waals surface area contributed by atoms with Crippen molar-refractivity contribution in [2.45, 2.75) is 0 Å². The quantitative estimate of drug-likeness (QED) is 0.636. The summed E-state index contributed by atoms with van der Waals surface area (Å²) in [6, 6.07) is 14.2. The molecule has 2 aromatic carbocycles. The van der Waals surface area contributed by atoms with E-state index in [1.165, 1.54) is 6.07 Å². The zero-order chi connectivity index (χ0) is 20.2. The van der Waals surface area contributed by atoms with Crippen molar-refractivity contribution >= 4 is 33.5 Å². The summed E-state index contributed by atoms with van der Waals surface area (Å²) in [5, 5.41) is 2.92. The van der Waals surface area contributed by atoms with Gasteiger partial charge >= 0.3 is 0 Å². The number of rotatable bonds is 5. The number of halogens is 2. The summed E-state index contributed by atoms with van der Waals surface area (Å²) in [6.45, 7) is 3.25. The van der Waals surface area contributed by atoms with Gasteiger partial charge in [0.1, 0.15) is 5.82 Å². The topological polar surface area (TPSA) is 53.4 Å². The normalized spacial score (nSPS) is 14.8. The zero-order valence-electron chi connectivity index (χ0n) is 15.8. The van der Waals surface area contributed by atoms with Gasteiger partial charge in [-0.2, -0.15) is 0 Å². The number of nitrogens with zero attached hydrogens (tertiary/aromatic N) is 4. The Morgan fingerprint density at radius 2 is 1.79 bits per heavy atom. The second kappa shape index (κ2) is 8.75. The summed E-state index contributed by atoms with van der Waals surface area (Å²) >= 11 is 3.38. The first-order valence-electron chi connectivity index (χ1n) is 9.41. The van der Waals surface area contributed by atoms with Crippen LogP contribution in [0.5, 0.6) is 0 Å². The largest absolute Gasteiger partial charge is 0.339 e. The minimum atomic E-state index is -0.282. The molecular weight excluding hydrogens is 437 g/mol. The summed E-state index contributed by atoms with van der Waals surface area (Å²) in [7, 11) is 0. The van der Waals surface area contributed by atoms with Crippen molar-refractivity contribution in [1.82, 2.24) is 14.5 Å². The standard InChI is InChI=1S/C21H21BrFN5O/c22-16-5-7-17(8-6-16)25-20(29)15-26-11-13-27(14-12-26)21-24-9-10-28(21)19-4-2-1-3-18(19)23/h1-10H,11-15H2,(H,25,29). The van der Waals surface area contributed by atoms with Crippen LogP contribution >= 0.6 is 15.9 Å². The maximum Gasteiger partial charge on any atom is 0.238 e. The average molecular weight is 458 g/mol. The fraction of sp³-hybridized carbons (Fsp3) is 0.238. The van der Waals surface area contributed by atoms with Gasteiger partial charge in [0.2, 0.25) is 11.9 Å². The van der Waals surface area contributed by atoms with E-state index in [0.29, 0.717) is 18.2 Å². The van der Waals surface area contributed by atoms with Gasteiger partial charge in [-0.1, -0.05) is 28.1 Å². The SMILES string of the molecule is O=C(CN1CCN(c2nccn2-c2ccccc2F)CC1)Nc1ccc(Br)cc1. The third kappa shape index (κ3) is 4.65. The smallest absolute Gasteiger partial charge is 0.238 e. The van der Waals surface area contributed by atoms with Gasteiger partial charge in [0.15, 0.2) is 0 Å². The fourth-order valence-electron chi connectivity index (χ4n) is 3.41. The van der Waals surface area contributed by atoms with Gasteiger partial charge in [-0.3, -0.25) is 14.3 Å². The lowest BCUT2D eigenvalue weighted by Crippen LogP contribution is -2.49. The van der Waals surface area contributed by atoms with Gasteiger partial charge in [0.05, 0.1) is 12.2 Å². The van der Waals surface area contributed by atoms with Gasteiger partial charge in [-0.25, -0.2) is 9.37 Å². The van der Waals surface area contributed by atoms with Crippen LogP contribution < -0.4 is 10.2 Å². The predicted octanol–water partition coefficient (Wildman–Crippen LogP) is 3.53. The Morgan fingerprint density at radius 1 is 1.07 bits per heavy atom. The van der Waals surface area contributed by atoms with E-state index in [0.717, 1.165) is 36.3 Å². The van der Waals surface area contributed by atoms with E-state index < -0.39 is 0 Å². The van der Waals surface area contributed by atoms with Crippen LogP contribution in [0.2, 0.25) is 0 Å². The Morgan fingerprint density at radius 3 is 2.52 bits per heavy atom. The summed E-state index contributed by atoms with van der Waals surface area (Å²) in [5.41, 5.74) is 1.26. The summed E-state index contributed by atoms with van der Waals surface area (Å²) in [4.78, 5) is 21.0. The molecule has 0 radical (unpaired) electrons. The summed E-state index contributed by atoms with van der Waals surface area (Å²) in [5.74, 6) is 0.401. The molecule has 0 unspecified atom stereocenters. The maximum absolute atomic E-state index is 14.2. The number of piperazine rings is 1. The van der Waals surface area contributed by atoms with Crippen LogP contribution in [0, 0.1) is 5.82 Å². The highest BCUT2D eigenvalue weighted by molar-refractivity contribution is 9.10. The third-order valence-electron chi connectivity index (χ3n) is 4.88. The predicted molar refractivity (Wildman–Crippen MR) is 115 cm³/mol. The van der Waals surface area contributed by atoms with Crippen molar-refractivity contribution in [3.63, 3.8) is 0 Å². The van der Waals surface area contributed by atoms with E-state index in [4.69, 9.17) is 0 Å². The van der Waals surface area contributed by atoms with Crippen LogP contribution in [0.25, 0.3) is 5.69 Å². The Kier molecular flexibility index (Phi) is 5.92. The van der Waals surface area contributed by atoms with Gasteiger partial charge < -0.3 is 10.2 Å². The first-order chi connectivity index (χ1) is 14.1. The molecule has 1 saturated heterocycles. The molecular formula is C21H21BrFN5O. The van der Waals surface area contributed by atoms with Crippen LogP contribution in [0.4, 0.5) is 16.0 Å². The molecule has 1 aromatic heterocycles. The lowest BCUT2D eigenvalue weighted by Gasteiger charge is -2.35. The lowest BCUT2D eigenvalue weighted by atomic mass is 10.3. The molecule has 1 fully saturated rings. The molecule has 0 bridgehead atoms. The lowest BCUT2D eigenvalue weighted by molar-refractivity contribution is -0.117. The number of hydrogen-bond acceptors (Lipinski definition) is 4. The number of nitrogens with one attached hydrogen (secondary N) is 1. The molecule has 4 rings (SSSR count). The second-order valence-electron chi connectivity index (χ2n) is 6.87. The Hall–Kier alpha value is -2.71. The maximum atomic E-state index is 14.2. The number of amides is 1. The van der Waals surface area contributed by atoms with E-state index in [9.17, 15) is 9.18 Å². The van der Waals surface area contributed by atoms with E-state index in [1.807, 2.05) is 30.3 Å². The zero-order valence-corrected chi connectivity index (χ0v) is 17.3. The van der Waals surface area contributed by atoms with Crippen LogP contribution in [0.1, 0.15) is 0 Å². The molecule has 0 spiro atoms. The first kappa shape index (κ1) is 19.6. The van der Waals surface area contributed by atoms with Crippen molar-refractivity contribution in [2.75, 3.05) is 42.9 Å². The van der Waals surface area contributed by atoms with Crippen LogP contribution in [0.15, 0.2) is 65.4 Å². The molecule has 0 saturated carbocycles. The number of para-hydroxylation sites is 1. The number of carbonyl (C=O) groups is 1. The van der Waals surface area contributed by atoms with E-state index in [-0.39, 0.29) is 11.7 Å².